The molecule has 1 aliphatic heterocycles. The Balaban J connectivity index is 1.64. The topological polar surface area (TPSA) is 71.5 Å². The molecule has 1 fully saturated rings. The standard InChI is InChI=1S/C24H27ClFN5O2/c1-31(2)9-4-3-8-27-22-12-18-21(13-23(22)33-17-7-10-32-14-17)28-15-29-24(18)30-16-5-6-20(26)19(25)11-16/h3-6,11-13,15,17,27H,7-10,14H2,1-2H3,(H,28,29,30)/b4-3+/t17-/m0/s1. The molecule has 0 bridgehead atoms. The van der Waals surface area contributed by atoms with Gasteiger partial charge in [-0.1, -0.05) is 23.8 Å². The highest BCUT2D eigenvalue weighted by atomic mass is 35.5. The van der Waals surface area contributed by atoms with Crippen molar-refractivity contribution >= 4 is 39.7 Å². The molecule has 0 aliphatic carbocycles. The Bertz CT molecular complexity index is 1140. The first-order valence-electron chi connectivity index (χ1n) is 10.8. The van der Waals surface area contributed by atoms with Crippen molar-refractivity contribution in [1.29, 1.82) is 0 Å². The second kappa shape index (κ2) is 10.8. The zero-order chi connectivity index (χ0) is 23.2. The number of hydrogen-bond acceptors (Lipinski definition) is 7. The summed E-state index contributed by atoms with van der Waals surface area (Å²) in [6.45, 7) is 2.78. The van der Waals surface area contributed by atoms with Gasteiger partial charge < -0.3 is 25.0 Å². The summed E-state index contributed by atoms with van der Waals surface area (Å²) in [4.78, 5) is 10.9. The lowest BCUT2D eigenvalue weighted by Crippen LogP contribution is -2.17. The molecule has 33 heavy (non-hydrogen) atoms. The van der Waals surface area contributed by atoms with E-state index in [0.29, 0.717) is 37.0 Å². The van der Waals surface area contributed by atoms with E-state index in [1.54, 1.807) is 6.07 Å². The van der Waals surface area contributed by atoms with Gasteiger partial charge in [0, 0.05) is 36.7 Å². The molecule has 0 radical (unpaired) electrons. The molecule has 1 aromatic heterocycles. The fourth-order valence-corrected chi connectivity index (χ4v) is 3.63. The molecule has 4 rings (SSSR count). The Labute approximate surface area is 197 Å². The number of likely N-dealkylation sites (N-methyl/N-ethyl adjacent to an activating group) is 1. The fourth-order valence-electron chi connectivity index (χ4n) is 3.45. The van der Waals surface area contributed by atoms with Gasteiger partial charge in [-0.05, 0) is 38.4 Å². The van der Waals surface area contributed by atoms with Crippen molar-refractivity contribution < 1.29 is 13.9 Å². The zero-order valence-corrected chi connectivity index (χ0v) is 19.4. The Morgan fingerprint density at radius 3 is 2.88 bits per heavy atom. The number of rotatable bonds is 9. The molecule has 2 N–H and O–H groups in total. The average molecular weight is 472 g/mol. The van der Waals surface area contributed by atoms with Gasteiger partial charge in [-0.15, -0.1) is 0 Å². The van der Waals surface area contributed by atoms with Crippen LogP contribution in [-0.4, -0.2) is 61.4 Å². The maximum Gasteiger partial charge on any atom is 0.145 e. The predicted octanol–water partition coefficient (Wildman–Crippen LogP) is 4.86. The quantitative estimate of drug-likeness (QED) is 0.431. The number of aromatic nitrogens is 2. The van der Waals surface area contributed by atoms with Gasteiger partial charge in [0.25, 0.3) is 0 Å². The summed E-state index contributed by atoms with van der Waals surface area (Å²) in [6, 6.07) is 8.33. The predicted molar refractivity (Wildman–Crippen MR) is 130 cm³/mol. The van der Waals surface area contributed by atoms with Crippen LogP contribution in [0.4, 0.5) is 21.6 Å². The summed E-state index contributed by atoms with van der Waals surface area (Å²) in [5.41, 5.74) is 2.19. The second-order valence-electron chi connectivity index (χ2n) is 8.06. The minimum atomic E-state index is -0.471. The third-order valence-corrected chi connectivity index (χ3v) is 5.44. The summed E-state index contributed by atoms with van der Waals surface area (Å²) < 4.78 is 25.2. The zero-order valence-electron chi connectivity index (χ0n) is 18.6. The van der Waals surface area contributed by atoms with Gasteiger partial charge in [0.05, 0.1) is 29.4 Å². The molecular formula is C24H27ClFN5O2. The van der Waals surface area contributed by atoms with E-state index in [2.05, 4.69) is 37.7 Å². The number of nitrogens with zero attached hydrogens (tertiary/aromatic N) is 3. The highest BCUT2D eigenvalue weighted by molar-refractivity contribution is 6.31. The lowest BCUT2D eigenvalue weighted by atomic mass is 10.1. The van der Waals surface area contributed by atoms with Crippen LogP contribution in [0, 0.1) is 5.82 Å². The molecule has 1 atom stereocenters. The Morgan fingerprint density at radius 2 is 2.12 bits per heavy atom. The number of halogens is 2. The number of anilines is 3. The van der Waals surface area contributed by atoms with Gasteiger partial charge in [-0.25, -0.2) is 14.4 Å². The first-order chi connectivity index (χ1) is 16.0. The fraction of sp³-hybridized carbons (Fsp3) is 0.333. The van der Waals surface area contributed by atoms with Gasteiger partial charge in [0.1, 0.15) is 29.8 Å². The minimum absolute atomic E-state index is 0.00747. The SMILES string of the molecule is CN(C)C/C=C/CNc1cc2c(Nc3ccc(F)c(Cl)c3)ncnc2cc1O[C@H]1CCOC1. The molecule has 1 saturated heterocycles. The molecule has 0 spiro atoms. The number of hydrogen-bond donors (Lipinski definition) is 2. The smallest absolute Gasteiger partial charge is 0.145 e. The van der Waals surface area contributed by atoms with E-state index in [1.807, 2.05) is 26.2 Å². The van der Waals surface area contributed by atoms with Crippen LogP contribution in [0.5, 0.6) is 5.75 Å². The van der Waals surface area contributed by atoms with E-state index < -0.39 is 5.82 Å². The summed E-state index contributed by atoms with van der Waals surface area (Å²) in [7, 11) is 4.05. The van der Waals surface area contributed by atoms with Gasteiger partial charge in [0.15, 0.2) is 0 Å². The van der Waals surface area contributed by atoms with Crippen molar-refractivity contribution in [2.24, 2.45) is 0 Å². The van der Waals surface area contributed by atoms with Crippen molar-refractivity contribution in [3.8, 4) is 5.75 Å². The van der Waals surface area contributed by atoms with E-state index in [-0.39, 0.29) is 11.1 Å². The molecule has 2 heterocycles. The number of nitrogens with one attached hydrogen (secondary N) is 2. The number of benzene rings is 2. The van der Waals surface area contributed by atoms with Crippen LogP contribution >= 0.6 is 11.6 Å². The molecule has 1 aliphatic rings. The normalized spacial score (nSPS) is 16.1. The Kier molecular flexibility index (Phi) is 7.59. The lowest BCUT2D eigenvalue weighted by molar-refractivity contribution is 0.142. The van der Waals surface area contributed by atoms with Crippen LogP contribution in [0.2, 0.25) is 5.02 Å². The summed E-state index contributed by atoms with van der Waals surface area (Å²) in [5.74, 6) is 0.833. The van der Waals surface area contributed by atoms with Crippen molar-refractivity contribution in [3.05, 3.63) is 59.7 Å². The minimum Gasteiger partial charge on any atom is -0.486 e. The van der Waals surface area contributed by atoms with Crippen LogP contribution in [0.15, 0.2) is 48.8 Å². The van der Waals surface area contributed by atoms with Gasteiger partial charge in [0.2, 0.25) is 0 Å². The maximum absolute atomic E-state index is 13.5. The van der Waals surface area contributed by atoms with E-state index in [1.165, 1.54) is 18.5 Å². The van der Waals surface area contributed by atoms with Crippen LogP contribution < -0.4 is 15.4 Å². The van der Waals surface area contributed by atoms with Crippen molar-refractivity contribution in [1.82, 2.24) is 14.9 Å². The molecule has 3 aromatic rings. The van der Waals surface area contributed by atoms with E-state index in [9.17, 15) is 4.39 Å². The molecule has 0 saturated carbocycles. The van der Waals surface area contributed by atoms with Gasteiger partial charge >= 0.3 is 0 Å². The largest absolute Gasteiger partial charge is 0.486 e. The van der Waals surface area contributed by atoms with Crippen LogP contribution in [0.1, 0.15) is 6.42 Å². The van der Waals surface area contributed by atoms with Gasteiger partial charge in [-0.3, -0.25) is 0 Å². The molecule has 0 unspecified atom stereocenters. The average Bonchev–Trinajstić information content (AvgIpc) is 3.29. The highest BCUT2D eigenvalue weighted by Crippen LogP contribution is 2.35. The first kappa shape index (κ1) is 23.2. The Morgan fingerprint density at radius 1 is 1.24 bits per heavy atom. The molecule has 7 nitrogen and oxygen atoms in total. The summed E-state index contributed by atoms with van der Waals surface area (Å²) in [6.07, 6.45) is 6.52. The van der Waals surface area contributed by atoms with E-state index >= 15 is 0 Å². The van der Waals surface area contributed by atoms with Crippen molar-refractivity contribution in [2.75, 3.05) is 51.0 Å². The monoisotopic (exact) mass is 471 g/mol. The van der Waals surface area contributed by atoms with Crippen molar-refractivity contribution in [2.45, 2.75) is 12.5 Å². The van der Waals surface area contributed by atoms with Crippen LogP contribution in [0.3, 0.4) is 0 Å². The van der Waals surface area contributed by atoms with Crippen molar-refractivity contribution in [3.63, 3.8) is 0 Å². The summed E-state index contributed by atoms with van der Waals surface area (Å²) in [5, 5.41) is 7.49. The molecule has 9 heteroatoms. The maximum atomic E-state index is 13.5. The van der Waals surface area contributed by atoms with Crippen LogP contribution in [0.25, 0.3) is 10.9 Å². The molecule has 174 valence electrons. The third-order valence-electron chi connectivity index (χ3n) is 5.15. The second-order valence-corrected chi connectivity index (χ2v) is 8.47. The third kappa shape index (κ3) is 6.10. The van der Waals surface area contributed by atoms with E-state index in [0.717, 1.165) is 29.6 Å². The number of fused-ring (bicyclic) bond motifs is 1. The molecule has 2 aromatic carbocycles. The summed E-state index contributed by atoms with van der Waals surface area (Å²) >= 11 is 5.93. The van der Waals surface area contributed by atoms with Crippen LogP contribution in [-0.2, 0) is 4.74 Å². The van der Waals surface area contributed by atoms with Gasteiger partial charge in [-0.2, -0.15) is 0 Å². The molecule has 0 amide bonds. The first-order valence-corrected chi connectivity index (χ1v) is 11.2. The lowest BCUT2D eigenvalue weighted by Gasteiger charge is -2.18. The van der Waals surface area contributed by atoms with E-state index in [4.69, 9.17) is 21.1 Å². The number of ether oxygens (including phenoxy) is 2. The Hall–Kier alpha value is -2.94. The highest BCUT2D eigenvalue weighted by Gasteiger charge is 2.20. The molecular weight excluding hydrogens is 445 g/mol.